The Labute approximate surface area is 98.6 Å². The fourth-order valence-corrected chi connectivity index (χ4v) is 1.94. The molecular weight excluding hydrogens is 229 g/mol. The number of hydrogen-bond acceptors (Lipinski definition) is 6. The minimum Gasteiger partial charge on any atom is -0.354 e. The van der Waals surface area contributed by atoms with Crippen molar-refractivity contribution >= 4 is 23.5 Å². The molecule has 0 aromatic carbocycles. The third-order valence-corrected chi connectivity index (χ3v) is 3.07. The van der Waals surface area contributed by atoms with E-state index in [-0.39, 0.29) is 17.8 Å². The van der Waals surface area contributed by atoms with Gasteiger partial charge in [-0.05, 0) is 13.2 Å². The number of hydrogen-bond donors (Lipinski definition) is 2. The van der Waals surface area contributed by atoms with Crippen molar-refractivity contribution in [2.75, 3.05) is 29.4 Å². The highest BCUT2D eigenvalue weighted by Gasteiger charge is 2.16. The lowest BCUT2D eigenvalue weighted by molar-refractivity contribution is 0.599. The molecule has 0 amide bonds. The number of nitrogens with zero attached hydrogens (tertiary/aromatic N) is 3. The molecule has 0 saturated heterocycles. The molecule has 1 heterocycles. The Hall–Kier alpha value is -1.08. The largest absolute Gasteiger partial charge is 0.354 e. The van der Waals surface area contributed by atoms with E-state index in [1.165, 1.54) is 0 Å². The molecule has 1 rings (SSSR count). The van der Waals surface area contributed by atoms with Crippen molar-refractivity contribution in [3.05, 3.63) is 12.0 Å². The summed E-state index contributed by atoms with van der Waals surface area (Å²) in [6, 6.07) is 0.185. The summed E-state index contributed by atoms with van der Waals surface area (Å²) in [5, 5.41) is 0. The van der Waals surface area contributed by atoms with Crippen molar-refractivity contribution in [2.45, 2.75) is 13.0 Å². The van der Waals surface area contributed by atoms with Gasteiger partial charge in [0.1, 0.15) is 0 Å². The van der Waals surface area contributed by atoms with Gasteiger partial charge < -0.3 is 4.90 Å². The number of anilines is 2. The van der Waals surface area contributed by atoms with E-state index in [4.69, 9.17) is 5.84 Å². The Morgan fingerprint density at radius 1 is 1.69 bits per heavy atom. The summed E-state index contributed by atoms with van der Waals surface area (Å²) in [5.41, 5.74) is 2.30. The van der Waals surface area contributed by atoms with Crippen LogP contribution >= 0.6 is 11.8 Å². The number of nitrogens with two attached hydrogens (primary N) is 1. The fourth-order valence-electron chi connectivity index (χ4n) is 1.24. The van der Waals surface area contributed by atoms with E-state index in [1.807, 2.05) is 13.2 Å². The Morgan fingerprint density at radius 3 is 2.94 bits per heavy atom. The first-order valence-electron chi connectivity index (χ1n) is 4.81. The average molecular weight is 245 g/mol. The van der Waals surface area contributed by atoms with Gasteiger partial charge in [-0.1, -0.05) is 0 Å². The van der Waals surface area contributed by atoms with Crippen LogP contribution in [0.4, 0.5) is 16.2 Å². The number of aromatic nitrogens is 2. The van der Waals surface area contributed by atoms with Gasteiger partial charge in [0.15, 0.2) is 11.6 Å². The van der Waals surface area contributed by atoms with Gasteiger partial charge in [0, 0.05) is 18.8 Å². The second kappa shape index (κ2) is 5.86. The lowest BCUT2D eigenvalue weighted by Gasteiger charge is -2.25. The second-order valence-corrected chi connectivity index (χ2v) is 4.34. The predicted molar refractivity (Wildman–Crippen MR) is 66.0 cm³/mol. The minimum absolute atomic E-state index is 0.185. The molecule has 1 unspecified atom stereocenters. The first kappa shape index (κ1) is 13.0. The molecule has 1 aromatic rings. The lowest BCUT2D eigenvalue weighted by Crippen LogP contribution is -2.32. The Morgan fingerprint density at radius 2 is 2.38 bits per heavy atom. The molecule has 0 bridgehead atoms. The molecule has 0 spiro atoms. The predicted octanol–water partition coefficient (Wildman–Crippen LogP) is 1.09. The van der Waals surface area contributed by atoms with Crippen LogP contribution in [0, 0.1) is 5.82 Å². The Kier molecular flexibility index (Phi) is 4.75. The Bertz CT molecular complexity index is 349. The zero-order valence-electron chi connectivity index (χ0n) is 9.57. The molecule has 0 fully saturated rings. The standard InChI is InChI=1S/C9H16FN5S/c1-6(5-16-3)15(2)8-7(10)4-12-9(13-8)14-11/h4,6H,5,11H2,1-3H3,(H,12,13,14). The lowest BCUT2D eigenvalue weighted by atomic mass is 10.3. The average Bonchev–Trinajstić information content (AvgIpc) is 2.29. The normalized spacial score (nSPS) is 12.3. The van der Waals surface area contributed by atoms with Crippen LogP contribution in [0.3, 0.4) is 0 Å². The topological polar surface area (TPSA) is 67.1 Å². The molecule has 90 valence electrons. The highest BCUT2D eigenvalue weighted by atomic mass is 32.2. The summed E-state index contributed by atoms with van der Waals surface area (Å²) >= 11 is 1.70. The van der Waals surface area contributed by atoms with Crippen LogP contribution < -0.4 is 16.2 Å². The molecule has 0 saturated carbocycles. The molecule has 1 aromatic heterocycles. The van der Waals surface area contributed by atoms with Crippen molar-refractivity contribution < 1.29 is 4.39 Å². The number of nitrogen functional groups attached to an aromatic ring is 1. The quantitative estimate of drug-likeness (QED) is 0.598. The van der Waals surface area contributed by atoms with E-state index in [0.29, 0.717) is 0 Å². The highest BCUT2D eigenvalue weighted by molar-refractivity contribution is 7.98. The van der Waals surface area contributed by atoms with Crippen LogP contribution in [-0.4, -0.2) is 35.1 Å². The fraction of sp³-hybridized carbons (Fsp3) is 0.556. The van der Waals surface area contributed by atoms with Gasteiger partial charge in [-0.25, -0.2) is 15.2 Å². The van der Waals surface area contributed by atoms with E-state index < -0.39 is 5.82 Å². The molecule has 0 aliphatic rings. The number of rotatable bonds is 5. The third-order valence-electron chi connectivity index (χ3n) is 2.26. The summed E-state index contributed by atoms with van der Waals surface area (Å²) in [5.74, 6) is 6.09. The number of nitrogens with one attached hydrogen (secondary N) is 1. The van der Waals surface area contributed by atoms with Crippen LogP contribution in [0.2, 0.25) is 0 Å². The van der Waals surface area contributed by atoms with Crippen molar-refractivity contribution in [3.8, 4) is 0 Å². The van der Waals surface area contributed by atoms with Crippen LogP contribution in [0.15, 0.2) is 6.20 Å². The molecule has 1 atom stereocenters. The molecular formula is C9H16FN5S. The van der Waals surface area contributed by atoms with Gasteiger partial charge in [-0.15, -0.1) is 0 Å². The zero-order chi connectivity index (χ0) is 12.1. The molecule has 7 heteroatoms. The zero-order valence-corrected chi connectivity index (χ0v) is 10.4. The molecule has 0 aliphatic heterocycles. The van der Waals surface area contributed by atoms with Crippen molar-refractivity contribution in [1.29, 1.82) is 0 Å². The minimum atomic E-state index is -0.450. The van der Waals surface area contributed by atoms with Gasteiger partial charge in [0.2, 0.25) is 5.95 Å². The molecule has 0 radical (unpaired) electrons. The third kappa shape index (κ3) is 2.96. The van der Waals surface area contributed by atoms with Crippen LogP contribution in [0.5, 0.6) is 0 Å². The van der Waals surface area contributed by atoms with Gasteiger partial charge >= 0.3 is 0 Å². The van der Waals surface area contributed by atoms with E-state index in [0.717, 1.165) is 11.9 Å². The summed E-state index contributed by atoms with van der Waals surface area (Å²) in [6.07, 6.45) is 3.12. The molecule has 0 aliphatic carbocycles. The van der Waals surface area contributed by atoms with Gasteiger partial charge in [-0.3, -0.25) is 5.43 Å². The summed E-state index contributed by atoms with van der Waals surface area (Å²) in [4.78, 5) is 9.45. The highest BCUT2D eigenvalue weighted by Crippen LogP contribution is 2.18. The maximum absolute atomic E-state index is 13.5. The smallest absolute Gasteiger partial charge is 0.239 e. The first-order valence-corrected chi connectivity index (χ1v) is 6.20. The maximum atomic E-state index is 13.5. The summed E-state index contributed by atoms with van der Waals surface area (Å²) in [6.45, 7) is 2.01. The molecule has 16 heavy (non-hydrogen) atoms. The number of thioether (sulfide) groups is 1. The monoisotopic (exact) mass is 245 g/mol. The Balaban J connectivity index is 2.92. The SMILES string of the molecule is CSCC(C)N(C)c1nc(NN)ncc1F. The molecule has 5 nitrogen and oxygen atoms in total. The van der Waals surface area contributed by atoms with Crippen LogP contribution in [0.25, 0.3) is 0 Å². The van der Waals surface area contributed by atoms with Crippen molar-refractivity contribution in [1.82, 2.24) is 9.97 Å². The van der Waals surface area contributed by atoms with Gasteiger partial charge in [0.25, 0.3) is 0 Å². The van der Waals surface area contributed by atoms with E-state index in [2.05, 4.69) is 15.4 Å². The van der Waals surface area contributed by atoms with Crippen molar-refractivity contribution in [3.63, 3.8) is 0 Å². The van der Waals surface area contributed by atoms with Crippen LogP contribution in [0.1, 0.15) is 6.92 Å². The number of halogens is 1. The van der Waals surface area contributed by atoms with Crippen molar-refractivity contribution in [2.24, 2.45) is 5.84 Å². The van der Waals surface area contributed by atoms with Gasteiger partial charge in [0.05, 0.1) is 6.20 Å². The maximum Gasteiger partial charge on any atom is 0.239 e. The van der Waals surface area contributed by atoms with E-state index >= 15 is 0 Å². The van der Waals surface area contributed by atoms with E-state index in [9.17, 15) is 4.39 Å². The first-order chi connectivity index (χ1) is 7.60. The number of hydrazine groups is 1. The van der Waals surface area contributed by atoms with Crippen LogP contribution in [-0.2, 0) is 0 Å². The summed E-state index contributed by atoms with van der Waals surface area (Å²) in [7, 11) is 1.80. The second-order valence-electron chi connectivity index (χ2n) is 3.42. The van der Waals surface area contributed by atoms with E-state index in [1.54, 1.807) is 23.7 Å². The molecule has 3 N–H and O–H groups in total. The van der Waals surface area contributed by atoms with Gasteiger partial charge in [-0.2, -0.15) is 16.7 Å². The summed E-state index contributed by atoms with van der Waals surface area (Å²) < 4.78 is 13.5.